The Morgan fingerprint density at radius 2 is 2.00 bits per heavy atom. The minimum atomic E-state index is -0.298. The quantitative estimate of drug-likeness (QED) is 0.847. The average Bonchev–Trinajstić information content (AvgIpc) is 2.82. The van der Waals surface area contributed by atoms with Gasteiger partial charge < -0.3 is 9.47 Å². The summed E-state index contributed by atoms with van der Waals surface area (Å²) >= 11 is 11.8. The number of benzene rings is 1. The Morgan fingerprint density at radius 1 is 1.29 bits per heavy atom. The van der Waals surface area contributed by atoms with Crippen LogP contribution in [0.15, 0.2) is 18.2 Å². The first-order valence-corrected chi connectivity index (χ1v) is 6.04. The van der Waals surface area contributed by atoms with Crippen LogP contribution in [0.25, 0.3) is 0 Å². The van der Waals surface area contributed by atoms with E-state index in [0.717, 1.165) is 5.56 Å². The topological polar surface area (TPSA) is 42.2 Å². The Kier molecular flexibility index (Phi) is 4.25. The summed E-state index contributed by atoms with van der Waals surface area (Å²) in [5.74, 6) is -0.298. The molecule has 5 heteroatoms. The van der Waals surface area contributed by atoms with Crippen LogP contribution in [0.5, 0.6) is 0 Å². The number of hydrogen-bond acceptors (Lipinski definition) is 3. The highest BCUT2D eigenvalue weighted by Crippen LogP contribution is 2.29. The smallest absolute Gasteiger partial charge is 0.159 e. The summed E-state index contributed by atoms with van der Waals surface area (Å²) in [4.78, 5) is 0. The molecule has 1 unspecified atom stereocenters. The lowest BCUT2D eigenvalue weighted by Crippen LogP contribution is -2.12. The summed E-state index contributed by atoms with van der Waals surface area (Å²) in [7, 11) is 0. The van der Waals surface area contributed by atoms with Gasteiger partial charge in [0, 0.05) is 6.42 Å². The first kappa shape index (κ1) is 12.7. The minimum Gasteiger partial charge on any atom is -0.350 e. The standard InChI is InChI=1S/C12H11Cl2NO2/c13-10-2-1-8(5-11(10)14)9(7-15)6-12-16-3-4-17-12/h1-2,5,9,12H,3-4,6H2. The van der Waals surface area contributed by atoms with Crippen molar-refractivity contribution < 1.29 is 9.47 Å². The van der Waals surface area contributed by atoms with Gasteiger partial charge in [0.15, 0.2) is 6.29 Å². The second kappa shape index (κ2) is 5.70. The number of rotatable bonds is 3. The molecule has 1 aliphatic heterocycles. The number of halogens is 2. The maximum atomic E-state index is 9.16. The minimum absolute atomic E-state index is 0.297. The lowest BCUT2D eigenvalue weighted by molar-refractivity contribution is -0.0483. The average molecular weight is 272 g/mol. The van der Waals surface area contributed by atoms with E-state index in [4.69, 9.17) is 37.9 Å². The maximum Gasteiger partial charge on any atom is 0.159 e. The molecule has 0 saturated carbocycles. The molecule has 1 aromatic carbocycles. The zero-order chi connectivity index (χ0) is 12.3. The summed E-state index contributed by atoms with van der Waals surface area (Å²) in [6, 6.07) is 7.44. The predicted octanol–water partition coefficient (Wildman–Crippen LogP) is 3.36. The van der Waals surface area contributed by atoms with Crippen molar-refractivity contribution in [3.05, 3.63) is 33.8 Å². The molecule has 3 nitrogen and oxygen atoms in total. The van der Waals surface area contributed by atoms with E-state index in [1.54, 1.807) is 18.2 Å². The molecule has 0 aliphatic carbocycles. The van der Waals surface area contributed by atoms with Gasteiger partial charge in [0.2, 0.25) is 0 Å². The molecule has 1 fully saturated rings. The molecular formula is C12H11Cl2NO2. The van der Waals surface area contributed by atoms with Crippen LogP contribution in [0.3, 0.4) is 0 Å². The molecule has 0 bridgehead atoms. The number of nitrogens with zero attached hydrogens (tertiary/aromatic N) is 1. The molecule has 2 rings (SSSR count). The fourth-order valence-electron chi connectivity index (χ4n) is 1.73. The van der Waals surface area contributed by atoms with Crippen LogP contribution in [-0.4, -0.2) is 19.5 Å². The van der Waals surface area contributed by atoms with Crippen LogP contribution in [0, 0.1) is 11.3 Å². The highest BCUT2D eigenvalue weighted by molar-refractivity contribution is 6.42. The third-order valence-corrected chi connectivity index (χ3v) is 3.36. The summed E-state index contributed by atoms with van der Waals surface area (Å²) in [5.41, 5.74) is 0.834. The molecule has 0 amide bonds. The zero-order valence-corrected chi connectivity index (χ0v) is 10.5. The molecule has 0 spiro atoms. The van der Waals surface area contributed by atoms with Gasteiger partial charge in [-0.05, 0) is 17.7 Å². The molecule has 1 heterocycles. The van der Waals surface area contributed by atoms with Crippen molar-refractivity contribution in [2.24, 2.45) is 0 Å². The lowest BCUT2D eigenvalue weighted by atomic mass is 9.97. The van der Waals surface area contributed by atoms with Gasteiger partial charge in [0.1, 0.15) is 0 Å². The second-order valence-corrected chi connectivity index (χ2v) is 4.58. The van der Waals surface area contributed by atoms with Gasteiger partial charge in [0.05, 0.1) is 35.2 Å². The van der Waals surface area contributed by atoms with Gasteiger partial charge in [-0.2, -0.15) is 5.26 Å². The summed E-state index contributed by atoms with van der Waals surface area (Å²) in [6.07, 6.45) is 0.211. The van der Waals surface area contributed by atoms with Gasteiger partial charge in [0.25, 0.3) is 0 Å². The Bertz CT molecular complexity index is 439. The van der Waals surface area contributed by atoms with Crippen LogP contribution in [-0.2, 0) is 9.47 Å². The fourth-order valence-corrected chi connectivity index (χ4v) is 2.03. The summed E-state index contributed by atoms with van der Waals surface area (Å²) in [5, 5.41) is 10.1. The lowest BCUT2D eigenvalue weighted by Gasteiger charge is -2.14. The van der Waals surface area contributed by atoms with Gasteiger partial charge in [-0.25, -0.2) is 0 Å². The van der Waals surface area contributed by atoms with E-state index in [1.807, 2.05) is 0 Å². The highest BCUT2D eigenvalue weighted by atomic mass is 35.5. The van der Waals surface area contributed by atoms with Crippen molar-refractivity contribution in [1.82, 2.24) is 0 Å². The predicted molar refractivity (Wildman–Crippen MR) is 65.1 cm³/mol. The fraction of sp³-hybridized carbons (Fsp3) is 0.417. The van der Waals surface area contributed by atoms with E-state index in [0.29, 0.717) is 29.7 Å². The monoisotopic (exact) mass is 271 g/mol. The maximum absolute atomic E-state index is 9.16. The van der Waals surface area contributed by atoms with E-state index in [2.05, 4.69) is 6.07 Å². The van der Waals surface area contributed by atoms with E-state index in [1.165, 1.54) is 0 Å². The zero-order valence-electron chi connectivity index (χ0n) is 9.03. The van der Waals surface area contributed by atoms with Crippen LogP contribution in [0.2, 0.25) is 10.0 Å². The SMILES string of the molecule is N#CC(CC1OCCO1)c1ccc(Cl)c(Cl)c1. The molecule has 17 heavy (non-hydrogen) atoms. The molecule has 1 aliphatic rings. The van der Waals surface area contributed by atoms with E-state index >= 15 is 0 Å². The third-order valence-electron chi connectivity index (χ3n) is 2.62. The number of nitriles is 1. The van der Waals surface area contributed by atoms with Crippen molar-refractivity contribution >= 4 is 23.2 Å². The number of hydrogen-bond donors (Lipinski definition) is 0. The van der Waals surface area contributed by atoms with Crippen molar-refractivity contribution in [2.45, 2.75) is 18.6 Å². The normalized spacial score (nSPS) is 17.9. The first-order chi connectivity index (χ1) is 8.20. The largest absolute Gasteiger partial charge is 0.350 e. The van der Waals surface area contributed by atoms with Crippen molar-refractivity contribution in [3.63, 3.8) is 0 Å². The van der Waals surface area contributed by atoms with Gasteiger partial charge >= 0.3 is 0 Å². The molecule has 90 valence electrons. The molecule has 0 aromatic heterocycles. The van der Waals surface area contributed by atoms with Gasteiger partial charge in [-0.1, -0.05) is 29.3 Å². The van der Waals surface area contributed by atoms with Crippen molar-refractivity contribution in [1.29, 1.82) is 5.26 Å². The molecule has 1 saturated heterocycles. The van der Waals surface area contributed by atoms with Crippen LogP contribution in [0.1, 0.15) is 17.9 Å². The summed E-state index contributed by atoms with van der Waals surface area (Å²) < 4.78 is 10.7. The number of ether oxygens (including phenoxy) is 2. The third kappa shape index (κ3) is 3.11. The van der Waals surface area contributed by atoms with E-state index in [9.17, 15) is 0 Å². The first-order valence-electron chi connectivity index (χ1n) is 5.28. The van der Waals surface area contributed by atoms with Crippen LogP contribution >= 0.6 is 23.2 Å². The summed E-state index contributed by atoms with van der Waals surface area (Å²) in [6.45, 7) is 1.17. The molecule has 0 radical (unpaired) electrons. The Labute approximate surface area is 110 Å². The van der Waals surface area contributed by atoms with Gasteiger partial charge in [-0.3, -0.25) is 0 Å². The Hall–Kier alpha value is -0.790. The van der Waals surface area contributed by atoms with Crippen LogP contribution in [0.4, 0.5) is 0 Å². The van der Waals surface area contributed by atoms with Crippen LogP contribution < -0.4 is 0 Å². The van der Waals surface area contributed by atoms with E-state index in [-0.39, 0.29) is 12.2 Å². The second-order valence-electron chi connectivity index (χ2n) is 3.76. The highest BCUT2D eigenvalue weighted by Gasteiger charge is 2.22. The molecule has 1 aromatic rings. The molecule has 1 atom stereocenters. The van der Waals surface area contributed by atoms with Crippen molar-refractivity contribution in [3.8, 4) is 6.07 Å². The molecular weight excluding hydrogens is 261 g/mol. The Balaban J connectivity index is 2.11. The van der Waals surface area contributed by atoms with E-state index < -0.39 is 0 Å². The van der Waals surface area contributed by atoms with Gasteiger partial charge in [-0.15, -0.1) is 0 Å². The molecule has 0 N–H and O–H groups in total. The van der Waals surface area contributed by atoms with Crippen molar-refractivity contribution in [2.75, 3.05) is 13.2 Å². The Morgan fingerprint density at radius 3 is 2.59 bits per heavy atom.